The van der Waals surface area contributed by atoms with Crippen LogP contribution in [-0.4, -0.2) is 49.3 Å². The van der Waals surface area contributed by atoms with Gasteiger partial charge in [0, 0.05) is 19.4 Å². The highest BCUT2D eigenvalue weighted by Crippen LogP contribution is 2.43. The summed E-state index contributed by atoms with van der Waals surface area (Å²) in [6, 6.07) is 0. The molecule has 0 aromatic heterocycles. The van der Waals surface area contributed by atoms with Crippen LogP contribution in [0.25, 0.3) is 0 Å². The lowest BCUT2D eigenvalue weighted by atomic mass is 10.1. The number of allylic oxidation sites excluding steroid dienone is 10. The minimum atomic E-state index is -4.38. The molecule has 1 unspecified atom stereocenters. The van der Waals surface area contributed by atoms with Gasteiger partial charge in [-0.25, -0.2) is 4.57 Å². The van der Waals surface area contributed by atoms with E-state index < -0.39 is 32.5 Å². The maximum absolute atomic E-state index is 12.5. The van der Waals surface area contributed by atoms with Crippen LogP contribution < -0.4 is 5.73 Å². The van der Waals surface area contributed by atoms with Crippen LogP contribution in [0.4, 0.5) is 0 Å². The number of ether oxygens (including phenoxy) is 2. The van der Waals surface area contributed by atoms with E-state index in [1.807, 2.05) is 6.08 Å². The van der Waals surface area contributed by atoms with Gasteiger partial charge in [-0.1, -0.05) is 132 Å². The summed E-state index contributed by atoms with van der Waals surface area (Å²) in [5, 5.41) is 0. The summed E-state index contributed by atoms with van der Waals surface area (Å²) in [7, 11) is -4.38. The zero-order chi connectivity index (χ0) is 35.4. The molecule has 0 rings (SSSR count). The molecule has 0 aliphatic rings. The molecule has 0 saturated carbocycles. The number of nitrogens with two attached hydrogens (primary N) is 1. The molecular formula is C38H66NO8P. The SMILES string of the molecule is CC/C=C/C/C=C/C/C=C/C/C=C/C/C=C/CCCC(=O)O[C@H](COC(=O)CCCCCCCCCCCC)COP(=O)(O)OCCN. The Hall–Kier alpha value is -2.29. The molecule has 0 aliphatic heterocycles. The molecule has 48 heavy (non-hydrogen) atoms. The van der Waals surface area contributed by atoms with Crippen molar-refractivity contribution in [3.8, 4) is 0 Å². The van der Waals surface area contributed by atoms with Gasteiger partial charge in [0.25, 0.3) is 0 Å². The van der Waals surface area contributed by atoms with E-state index in [4.69, 9.17) is 24.3 Å². The van der Waals surface area contributed by atoms with Gasteiger partial charge in [-0.2, -0.15) is 0 Å². The molecule has 0 amide bonds. The monoisotopic (exact) mass is 695 g/mol. The average Bonchev–Trinajstić information content (AvgIpc) is 3.07. The lowest BCUT2D eigenvalue weighted by Gasteiger charge is -2.19. The van der Waals surface area contributed by atoms with Crippen LogP contribution in [0, 0.1) is 0 Å². The smallest absolute Gasteiger partial charge is 0.462 e. The predicted octanol–water partition coefficient (Wildman–Crippen LogP) is 9.77. The Balaban J connectivity index is 4.37. The number of carbonyl (C=O) groups is 2. The third-order valence-corrected chi connectivity index (χ3v) is 8.15. The molecule has 0 spiro atoms. The first-order chi connectivity index (χ1) is 23.3. The van der Waals surface area contributed by atoms with Gasteiger partial charge in [-0.3, -0.25) is 18.6 Å². The zero-order valence-corrected chi connectivity index (χ0v) is 30.8. The van der Waals surface area contributed by atoms with Crippen molar-refractivity contribution in [3.05, 3.63) is 60.8 Å². The minimum absolute atomic E-state index is 0.0424. The van der Waals surface area contributed by atoms with E-state index in [9.17, 15) is 19.0 Å². The van der Waals surface area contributed by atoms with Gasteiger partial charge in [0.05, 0.1) is 13.2 Å². The van der Waals surface area contributed by atoms with Gasteiger partial charge in [-0.15, -0.1) is 0 Å². The van der Waals surface area contributed by atoms with E-state index >= 15 is 0 Å². The predicted molar refractivity (Wildman–Crippen MR) is 196 cm³/mol. The topological polar surface area (TPSA) is 134 Å². The lowest BCUT2D eigenvalue weighted by Crippen LogP contribution is -2.29. The number of esters is 2. The Bertz CT molecular complexity index is 976. The third-order valence-electron chi connectivity index (χ3n) is 7.17. The van der Waals surface area contributed by atoms with Gasteiger partial charge < -0.3 is 20.1 Å². The van der Waals surface area contributed by atoms with E-state index in [1.54, 1.807) is 0 Å². The molecule has 0 aromatic rings. The zero-order valence-electron chi connectivity index (χ0n) is 29.9. The maximum atomic E-state index is 12.5. The second-order valence-corrected chi connectivity index (χ2v) is 13.2. The van der Waals surface area contributed by atoms with Crippen molar-refractivity contribution in [1.29, 1.82) is 0 Å². The maximum Gasteiger partial charge on any atom is 0.472 e. The first-order valence-corrected chi connectivity index (χ1v) is 19.8. The Labute approximate surface area is 291 Å². The van der Waals surface area contributed by atoms with E-state index in [0.29, 0.717) is 12.8 Å². The van der Waals surface area contributed by atoms with Crippen LogP contribution in [0.3, 0.4) is 0 Å². The van der Waals surface area contributed by atoms with Crippen LogP contribution in [0.1, 0.15) is 136 Å². The fraction of sp³-hybridized carbons (Fsp3) is 0.684. The minimum Gasteiger partial charge on any atom is -0.462 e. The molecule has 0 heterocycles. The fourth-order valence-electron chi connectivity index (χ4n) is 4.49. The normalized spacial score (nSPS) is 14.2. The molecule has 276 valence electrons. The highest BCUT2D eigenvalue weighted by molar-refractivity contribution is 7.47. The quantitative estimate of drug-likeness (QED) is 0.0298. The van der Waals surface area contributed by atoms with Gasteiger partial charge in [-0.05, 0) is 51.4 Å². The summed E-state index contributed by atoms with van der Waals surface area (Å²) >= 11 is 0. The van der Waals surface area contributed by atoms with Gasteiger partial charge in [0.1, 0.15) is 6.61 Å². The second-order valence-electron chi connectivity index (χ2n) is 11.7. The van der Waals surface area contributed by atoms with Crippen LogP contribution in [0.15, 0.2) is 60.8 Å². The largest absolute Gasteiger partial charge is 0.472 e. The number of hydrogen-bond acceptors (Lipinski definition) is 8. The van der Waals surface area contributed by atoms with Crippen molar-refractivity contribution in [2.45, 2.75) is 142 Å². The van der Waals surface area contributed by atoms with Gasteiger partial charge >= 0.3 is 19.8 Å². The highest BCUT2D eigenvalue weighted by Gasteiger charge is 2.25. The summed E-state index contributed by atoms with van der Waals surface area (Å²) in [5.41, 5.74) is 5.32. The van der Waals surface area contributed by atoms with E-state index in [-0.39, 0.29) is 32.6 Å². The van der Waals surface area contributed by atoms with Crippen molar-refractivity contribution < 1.29 is 37.6 Å². The van der Waals surface area contributed by atoms with Crippen molar-refractivity contribution in [1.82, 2.24) is 0 Å². The number of phosphoric ester groups is 1. The summed E-state index contributed by atoms with van der Waals surface area (Å²) in [6.07, 6.45) is 38.3. The molecule has 0 aromatic carbocycles. The molecule has 0 saturated heterocycles. The van der Waals surface area contributed by atoms with Crippen LogP contribution in [0.5, 0.6) is 0 Å². The molecule has 0 aliphatic carbocycles. The standard InChI is InChI=1S/C38H66NO8P/c1-3-5-7-9-11-13-15-16-17-18-19-20-21-23-25-27-29-31-38(41)47-36(35-46-48(42,43)45-33-32-39)34-44-37(40)30-28-26-24-22-14-12-10-8-6-4-2/h5,7,11,13,16-17,19-20,23,25,36H,3-4,6,8-10,12,14-15,18,21-22,24,26-35,39H2,1-2H3,(H,42,43)/b7-5+,13-11+,17-16+,20-19+,25-23+/t36-/m1/s1. The van der Waals surface area contributed by atoms with Crippen molar-refractivity contribution in [3.63, 3.8) is 0 Å². The van der Waals surface area contributed by atoms with Gasteiger partial charge in [0.2, 0.25) is 0 Å². The first kappa shape index (κ1) is 45.7. The second kappa shape index (κ2) is 34.6. The van der Waals surface area contributed by atoms with Crippen LogP contribution in [-0.2, 0) is 32.7 Å². The number of phosphoric acid groups is 1. The summed E-state index contributed by atoms with van der Waals surface area (Å²) < 4.78 is 32.5. The van der Waals surface area contributed by atoms with E-state index in [0.717, 1.165) is 51.4 Å². The number of rotatable bonds is 33. The summed E-state index contributed by atoms with van der Waals surface area (Å²) in [5.74, 6) is -0.905. The number of hydrogen-bond donors (Lipinski definition) is 2. The van der Waals surface area contributed by atoms with E-state index in [2.05, 4.69) is 68.5 Å². The third kappa shape index (κ3) is 33.6. The fourth-order valence-corrected chi connectivity index (χ4v) is 5.26. The van der Waals surface area contributed by atoms with Gasteiger partial charge in [0.15, 0.2) is 6.10 Å². The lowest BCUT2D eigenvalue weighted by molar-refractivity contribution is -0.161. The molecule has 9 nitrogen and oxygen atoms in total. The Kier molecular flexibility index (Phi) is 32.9. The first-order valence-electron chi connectivity index (χ1n) is 18.3. The van der Waals surface area contributed by atoms with Crippen molar-refractivity contribution in [2.75, 3.05) is 26.4 Å². The van der Waals surface area contributed by atoms with Crippen LogP contribution in [0.2, 0.25) is 0 Å². The Morgan fingerprint density at radius 3 is 1.69 bits per heavy atom. The van der Waals surface area contributed by atoms with Crippen molar-refractivity contribution >= 4 is 19.8 Å². The number of unbranched alkanes of at least 4 members (excludes halogenated alkanes) is 10. The molecule has 3 N–H and O–H groups in total. The Morgan fingerprint density at radius 1 is 0.646 bits per heavy atom. The molecule has 2 atom stereocenters. The molecule has 0 bridgehead atoms. The average molecular weight is 696 g/mol. The summed E-state index contributed by atoms with van der Waals surface area (Å²) in [6.45, 7) is 3.50. The van der Waals surface area contributed by atoms with E-state index in [1.165, 1.54) is 44.9 Å². The Morgan fingerprint density at radius 2 is 1.15 bits per heavy atom. The highest BCUT2D eigenvalue weighted by atomic mass is 31.2. The molecule has 0 radical (unpaired) electrons. The number of carbonyl (C=O) groups excluding carboxylic acids is 2. The van der Waals surface area contributed by atoms with Crippen LogP contribution >= 0.6 is 7.82 Å². The molecule has 0 fully saturated rings. The summed E-state index contributed by atoms with van der Waals surface area (Å²) in [4.78, 5) is 34.6. The molecule has 10 heteroatoms. The molecular weight excluding hydrogens is 629 g/mol. The van der Waals surface area contributed by atoms with Crippen molar-refractivity contribution in [2.24, 2.45) is 5.73 Å².